The lowest BCUT2D eigenvalue weighted by atomic mass is 9.86. The second kappa shape index (κ2) is 11.1. The SMILES string of the molecule is CC(C)(C)c1ccc(C(=O)N(CCC(=O)N2CCNCC2)CCN2CCCCC2)cc1. The van der Waals surface area contributed by atoms with Crippen molar-refractivity contribution in [3.8, 4) is 0 Å². The molecule has 2 amide bonds. The molecule has 0 aromatic heterocycles. The van der Waals surface area contributed by atoms with Crippen molar-refractivity contribution in [2.45, 2.75) is 51.9 Å². The predicted octanol–water partition coefficient (Wildman–Crippen LogP) is 2.73. The Morgan fingerprint density at radius 3 is 2.19 bits per heavy atom. The van der Waals surface area contributed by atoms with Crippen LogP contribution in [0.5, 0.6) is 0 Å². The maximum absolute atomic E-state index is 13.3. The number of carbonyl (C=O) groups is 2. The lowest BCUT2D eigenvalue weighted by molar-refractivity contribution is -0.131. The molecule has 6 nitrogen and oxygen atoms in total. The molecule has 2 aliphatic heterocycles. The van der Waals surface area contributed by atoms with Crippen molar-refractivity contribution < 1.29 is 9.59 Å². The van der Waals surface area contributed by atoms with Gasteiger partial charge in [-0.2, -0.15) is 0 Å². The van der Waals surface area contributed by atoms with E-state index in [1.807, 2.05) is 21.9 Å². The summed E-state index contributed by atoms with van der Waals surface area (Å²) in [6.45, 7) is 14.0. The van der Waals surface area contributed by atoms with E-state index in [0.717, 1.165) is 45.8 Å². The number of carbonyl (C=O) groups excluding carboxylic acids is 2. The smallest absolute Gasteiger partial charge is 0.253 e. The van der Waals surface area contributed by atoms with Gasteiger partial charge in [0.15, 0.2) is 0 Å². The Morgan fingerprint density at radius 1 is 0.935 bits per heavy atom. The quantitative estimate of drug-likeness (QED) is 0.726. The van der Waals surface area contributed by atoms with Crippen LogP contribution in [0.25, 0.3) is 0 Å². The van der Waals surface area contributed by atoms with Gasteiger partial charge in [-0.25, -0.2) is 0 Å². The van der Waals surface area contributed by atoms with E-state index in [1.54, 1.807) is 0 Å². The highest BCUT2D eigenvalue weighted by molar-refractivity contribution is 5.94. The summed E-state index contributed by atoms with van der Waals surface area (Å²) in [6.07, 6.45) is 4.18. The lowest BCUT2D eigenvalue weighted by Crippen LogP contribution is -2.47. The first kappa shape index (κ1) is 23.7. The fraction of sp³-hybridized carbons (Fsp3) is 0.680. The minimum Gasteiger partial charge on any atom is -0.340 e. The molecular weight excluding hydrogens is 388 g/mol. The monoisotopic (exact) mass is 428 g/mol. The molecule has 0 spiro atoms. The summed E-state index contributed by atoms with van der Waals surface area (Å²) in [5, 5.41) is 3.28. The Bertz CT molecular complexity index is 714. The summed E-state index contributed by atoms with van der Waals surface area (Å²) in [7, 11) is 0. The Morgan fingerprint density at radius 2 is 1.58 bits per heavy atom. The fourth-order valence-corrected chi connectivity index (χ4v) is 4.36. The number of rotatable bonds is 7. The molecule has 2 heterocycles. The molecule has 0 atom stereocenters. The third kappa shape index (κ3) is 7.04. The van der Waals surface area contributed by atoms with Crippen LogP contribution in [-0.2, 0) is 10.2 Å². The van der Waals surface area contributed by atoms with Crippen molar-refractivity contribution in [1.29, 1.82) is 0 Å². The Labute approximate surface area is 188 Å². The molecule has 1 N–H and O–H groups in total. The molecule has 2 saturated heterocycles. The normalized spacial score (nSPS) is 18.1. The third-order valence-electron chi connectivity index (χ3n) is 6.49. The van der Waals surface area contributed by atoms with Gasteiger partial charge in [-0.05, 0) is 49.0 Å². The highest BCUT2D eigenvalue weighted by Gasteiger charge is 2.22. The number of hydrogen-bond donors (Lipinski definition) is 1. The van der Waals surface area contributed by atoms with Crippen molar-refractivity contribution in [3.63, 3.8) is 0 Å². The first-order valence-corrected chi connectivity index (χ1v) is 12.0. The van der Waals surface area contributed by atoms with E-state index >= 15 is 0 Å². The summed E-state index contributed by atoms with van der Waals surface area (Å²) in [4.78, 5) is 32.3. The Hall–Kier alpha value is -1.92. The van der Waals surface area contributed by atoms with Crippen molar-refractivity contribution in [3.05, 3.63) is 35.4 Å². The number of nitrogens with one attached hydrogen (secondary N) is 1. The molecule has 31 heavy (non-hydrogen) atoms. The van der Waals surface area contributed by atoms with Crippen LogP contribution in [0.3, 0.4) is 0 Å². The van der Waals surface area contributed by atoms with E-state index in [1.165, 1.54) is 24.8 Å². The van der Waals surface area contributed by atoms with Gasteiger partial charge in [0.2, 0.25) is 5.91 Å². The van der Waals surface area contributed by atoms with Crippen molar-refractivity contribution in [2.24, 2.45) is 0 Å². The third-order valence-corrected chi connectivity index (χ3v) is 6.49. The van der Waals surface area contributed by atoms with Gasteiger partial charge in [0.25, 0.3) is 5.91 Å². The predicted molar refractivity (Wildman–Crippen MR) is 125 cm³/mol. The van der Waals surface area contributed by atoms with Crippen LogP contribution in [0.4, 0.5) is 0 Å². The minimum atomic E-state index is 0.0329. The average Bonchev–Trinajstić information content (AvgIpc) is 2.79. The molecule has 1 aromatic rings. The molecule has 2 fully saturated rings. The van der Waals surface area contributed by atoms with Crippen molar-refractivity contribution in [1.82, 2.24) is 20.0 Å². The molecule has 0 bridgehead atoms. The molecule has 0 saturated carbocycles. The van der Waals surface area contributed by atoms with Gasteiger partial charge >= 0.3 is 0 Å². The molecule has 6 heteroatoms. The molecule has 0 unspecified atom stereocenters. The number of piperidine rings is 1. The zero-order valence-electron chi connectivity index (χ0n) is 19.7. The largest absolute Gasteiger partial charge is 0.340 e. The van der Waals surface area contributed by atoms with Gasteiger partial charge in [0.1, 0.15) is 0 Å². The summed E-state index contributed by atoms with van der Waals surface area (Å²) < 4.78 is 0. The number of nitrogens with zero attached hydrogens (tertiary/aromatic N) is 3. The zero-order chi connectivity index (χ0) is 22.3. The van der Waals surface area contributed by atoms with E-state index in [2.05, 4.69) is 43.1 Å². The molecule has 172 valence electrons. The number of piperazine rings is 1. The second-order valence-electron chi connectivity index (χ2n) is 9.90. The number of likely N-dealkylation sites (tertiary alicyclic amines) is 1. The molecular formula is C25H40N4O2. The van der Waals surface area contributed by atoms with Crippen molar-refractivity contribution >= 4 is 11.8 Å². The summed E-state index contributed by atoms with van der Waals surface area (Å²) in [6, 6.07) is 7.99. The number of benzene rings is 1. The van der Waals surface area contributed by atoms with Crippen LogP contribution in [0, 0.1) is 0 Å². The highest BCUT2D eigenvalue weighted by atomic mass is 16.2. The molecule has 2 aliphatic rings. The lowest BCUT2D eigenvalue weighted by Gasteiger charge is -2.31. The fourth-order valence-electron chi connectivity index (χ4n) is 4.36. The molecule has 3 rings (SSSR count). The maximum atomic E-state index is 13.3. The molecule has 0 radical (unpaired) electrons. The van der Waals surface area contributed by atoms with Gasteiger partial charge < -0.3 is 20.0 Å². The van der Waals surface area contributed by atoms with Crippen molar-refractivity contribution in [2.75, 3.05) is 58.9 Å². The van der Waals surface area contributed by atoms with E-state index in [-0.39, 0.29) is 17.2 Å². The van der Waals surface area contributed by atoms with Crippen LogP contribution in [0.1, 0.15) is 62.4 Å². The van der Waals surface area contributed by atoms with E-state index < -0.39 is 0 Å². The first-order valence-electron chi connectivity index (χ1n) is 12.0. The van der Waals surface area contributed by atoms with E-state index in [0.29, 0.717) is 25.1 Å². The van der Waals surface area contributed by atoms with Gasteiger partial charge in [-0.1, -0.05) is 39.3 Å². The van der Waals surface area contributed by atoms with Crippen LogP contribution in [0.15, 0.2) is 24.3 Å². The van der Waals surface area contributed by atoms with Gasteiger partial charge in [0, 0.05) is 57.8 Å². The Kier molecular flexibility index (Phi) is 8.50. The first-order chi connectivity index (χ1) is 14.8. The van der Waals surface area contributed by atoms with E-state index in [4.69, 9.17) is 0 Å². The van der Waals surface area contributed by atoms with Gasteiger partial charge in [-0.15, -0.1) is 0 Å². The highest BCUT2D eigenvalue weighted by Crippen LogP contribution is 2.22. The standard InChI is InChI=1S/C25H40N4O2/c1-25(2,3)22-9-7-21(8-10-22)24(31)29(20-19-27-14-5-4-6-15-27)16-11-23(30)28-17-12-26-13-18-28/h7-10,26H,4-6,11-20H2,1-3H3. The number of amides is 2. The van der Waals surface area contributed by atoms with Crippen LogP contribution < -0.4 is 5.32 Å². The average molecular weight is 429 g/mol. The van der Waals surface area contributed by atoms with Crippen LogP contribution >= 0.6 is 0 Å². The summed E-state index contributed by atoms with van der Waals surface area (Å²) in [5.41, 5.74) is 1.99. The molecule has 0 aliphatic carbocycles. The summed E-state index contributed by atoms with van der Waals surface area (Å²) >= 11 is 0. The van der Waals surface area contributed by atoms with Gasteiger partial charge in [0.05, 0.1) is 0 Å². The topological polar surface area (TPSA) is 55.9 Å². The number of hydrogen-bond acceptors (Lipinski definition) is 4. The Balaban J connectivity index is 1.64. The van der Waals surface area contributed by atoms with E-state index in [9.17, 15) is 9.59 Å². The summed E-state index contributed by atoms with van der Waals surface area (Å²) in [5.74, 6) is 0.186. The van der Waals surface area contributed by atoms with Crippen LogP contribution in [-0.4, -0.2) is 85.4 Å². The second-order valence-corrected chi connectivity index (χ2v) is 9.90. The minimum absolute atomic E-state index is 0.0329. The van der Waals surface area contributed by atoms with Crippen LogP contribution in [0.2, 0.25) is 0 Å². The zero-order valence-corrected chi connectivity index (χ0v) is 19.7. The molecule has 1 aromatic carbocycles. The van der Waals surface area contributed by atoms with Gasteiger partial charge in [-0.3, -0.25) is 9.59 Å². The maximum Gasteiger partial charge on any atom is 0.253 e.